The van der Waals surface area contributed by atoms with E-state index in [-0.39, 0.29) is 17.8 Å². The standard InChI is InChI=1S/C19H25FN2O/c20-17-11-15-5-4-9-22-18(15)16(12-17)13-21-14-19(8-10-23)6-2-1-3-7-19/h4-5,9,11-12,21,23H,1-3,6-8,10,13-14H2. The van der Waals surface area contributed by atoms with Crippen LogP contribution in [0, 0.1) is 11.2 Å². The number of rotatable bonds is 6. The quantitative estimate of drug-likeness (QED) is 0.852. The van der Waals surface area contributed by atoms with E-state index in [9.17, 15) is 9.50 Å². The first-order valence-corrected chi connectivity index (χ1v) is 8.57. The van der Waals surface area contributed by atoms with E-state index in [1.54, 1.807) is 12.3 Å². The van der Waals surface area contributed by atoms with Crippen LogP contribution in [0.25, 0.3) is 10.9 Å². The summed E-state index contributed by atoms with van der Waals surface area (Å²) < 4.78 is 13.8. The maximum Gasteiger partial charge on any atom is 0.124 e. The van der Waals surface area contributed by atoms with Gasteiger partial charge in [-0.15, -0.1) is 0 Å². The fraction of sp³-hybridized carbons (Fsp3) is 0.526. The molecule has 0 atom stereocenters. The van der Waals surface area contributed by atoms with Crippen LogP contribution < -0.4 is 5.32 Å². The molecule has 124 valence electrons. The lowest BCUT2D eigenvalue weighted by molar-refractivity contribution is 0.126. The van der Waals surface area contributed by atoms with Gasteiger partial charge in [-0.05, 0) is 48.4 Å². The zero-order valence-electron chi connectivity index (χ0n) is 13.5. The van der Waals surface area contributed by atoms with Gasteiger partial charge in [-0.25, -0.2) is 4.39 Å². The van der Waals surface area contributed by atoms with Gasteiger partial charge in [0.05, 0.1) is 5.52 Å². The number of hydrogen-bond donors (Lipinski definition) is 2. The van der Waals surface area contributed by atoms with Crippen molar-refractivity contribution in [2.75, 3.05) is 13.2 Å². The van der Waals surface area contributed by atoms with E-state index in [0.717, 1.165) is 29.4 Å². The lowest BCUT2D eigenvalue weighted by Crippen LogP contribution is -2.36. The van der Waals surface area contributed by atoms with Crippen LogP contribution in [0.15, 0.2) is 30.5 Å². The van der Waals surface area contributed by atoms with Gasteiger partial charge < -0.3 is 10.4 Å². The van der Waals surface area contributed by atoms with Gasteiger partial charge in [-0.2, -0.15) is 0 Å². The molecule has 0 unspecified atom stereocenters. The number of aliphatic hydroxyl groups excluding tert-OH is 1. The Kier molecular flexibility index (Phi) is 5.23. The second-order valence-electron chi connectivity index (χ2n) is 6.78. The first-order chi connectivity index (χ1) is 11.2. The molecule has 0 amide bonds. The number of nitrogens with zero attached hydrogens (tertiary/aromatic N) is 1. The van der Waals surface area contributed by atoms with Crippen LogP contribution in [0.5, 0.6) is 0 Å². The Bertz CT molecular complexity index is 647. The fourth-order valence-corrected chi connectivity index (χ4v) is 3.88. The molecule has 1 aromatic heterocycles. The summed E-state index contributed by atoms with van der Waals surface area (Å²) in [6.07, 6.45) is 8.72. The summed E-state index contributed by atoms with van der Waals surface area (Å²) in [6.45, 7) is 1.73. The van der Waals surface area contributed by atoms with Crippen molar-refractivity contribution in [3.63, 3.8) is 0 Å². The maximum atomic E-state index is 13.8. The molecule has 1 saturated carbocycles. The molecule has 0 saturated heterocycles. The average molecular weight is 316 g/mol. The molecule has 23 heavy (non-hydrogen) atoms. The van der Waals surface area contributed by atoms with Crippen molar-refractivity contribution in [2.45, 2.75) is 45.1 Å². The van der Waals surface area contributed by atoms with E-state index in [1.807, 2.05) is 12.1 Å². The first-order valence-electron chi connectivity index (χ1n) is 8.57. The Morgan fingerprint density at radius 3 is 2.83 bits per heavy atom. The summed E-state index contributed by atoms with van der Waals surface area (Å²) in [5, 5.41) is 13.7. The van der Waals surface area contributed by atoms with E-state index in [0.29, 0.717) is 6.54 Å². The molecule has 1 heterocycles. The van der Waals surface area contributed by atoms with Gasteiger partial charge in [0, 0.05) is 31.3 Å². The number of pyridine rings is 1. The lowest BCUT2D eigenvalue weighted by atomic mass is 9.72. The molecule has 0 aliphatic heterocycles. The third-order valence-corrected chi connectivity index (χ3v) is 5.12. The molecule has 2 N–H and O–H groups in total. The second-order valence-corrected chi connectivity index (χ2v) is 6.78. The zero-order valence-corrected chi connectivity index (χ0v) is 13.5. The van der Waals surface area contributed by atoms with Crippen LogP contribution in [-0.4, -0.2) is 23.2 Å². The molecule has 0 bridgehead atoms. The summed E-state index contributed by atoms with van der Waals surface area (Å²) in [4.78, 5) is 4.39. The highest BCUT2D eigenvalue weighted by molar-refractivity contribution is 5.81. The molecule has 1 aliphatic carbocycles. The number of benzene rings is 1. The van der Waals surface area contributed by atoms with Crippen LogP contribution in [0.4, 0.5) is 4.39 Å². The second kappa shape index (κ2) is 7.37. The highest BCUT2D eigenvalue weighted by atomic mass is 19.1. The number of halogens is 1. The summed E-state index contributed by atoms with van der Waals surface area (Å²) in [5.74, 6) is -0.218. The minimum absolute atomic E-state index is 0.198. The van der Waals surface area contributed by atoms with E-state index >= 15 is 0 Å². The molecule has 1 aromatic carbocycles. The molecular formula is C19H25FN2O. The minimum atomic E-state index is -0.218. The largest absolute Gasteiger partial charge is 0.396 e. The van der Waals surface area contributed by atoms with Crippen molar-refractivity contribution in [1.29, 1.82) is 0 Å². The highest BCUT2D eigenvalue weighted by Crippen LogP contribution is 2.38. The molecule has 3 rings (SSSR count). The Morgan fingerprint density at radius 2 is 2.04 bits per heavy atom. The Balaban J connectivity index is 1.70. The summed E-state index contributed by atoms with van der Waals surface area (Å²) >= 11 is 0. The van der Waals surface area contributed by atoms with Gasteiger partial charge >= 0.3 is 0 Å². The topological polar surface area (TPSA) is 45.1 Å². The van der Waals surface area contributed by atoms with Crippen LogP contribution in [-0.2, 0) is 6.54 Å². The van der Waals surface area contributed by atoms with Gasteiger partial charge in [0.15, 0.2) is 0 Å². The van der Waals surface area contributed by atoms with Crippen molar-refractivity contribution in [2.24, 2.45) is 5.41 Å². The Labute approximate surface area is 136 Å². The van der Waals surface area contributed by atoms with Gasteiger partial charge in [-0.3, -0.25) is 4.98 Å². The zero-order chi connectivity index (χ0) is 16.1. The fourth-order valence-electron chi connectivity index (χ4n) is 3.88. The van der Waals surface area contributed by atoms with Crippen molar-refractivity contribution < 1.29 is 9.50 Å². The van der Waals surface area contributed by atoms with Crippen molar-refractivity contribution in [1.82, 2.24) is 10.3 Å². The minimum Gasteiger partial charge on any atom is -0.396 e. The summed E-state index contributed by atoms with van der Waals surface area (Å²) in [7, 11) is 0. The van der Waals surface area contributed by atoms with Gasteiger partial charge in [0.1, 0.15) is 5.82 Å². The molecule has 1 fully saturated rings. The van der Waals surface area contributed by atoms with E-state index in [4.69, 9.17) is 0 Å². The normalized spacial score (nSPS) is 17.5. The summed E-state index contributed by atoms with van der Waals surface area (Å²) in [5.41, 5.74) is 1.96. The average Bonchev–Trinajstić information content (AvgIpc) is 2.56. The first kappa shape index (κ1) is 16.3. The monoisotopic (exact) mass is 316 g/mol. The number of aromatic nitrogens is 1. The molecule has 1 aliphatic rings. The number of nitrogens with one attached hydrogen (secondary N) is 1. The van der Waals surface area contributed by atoms with Gasteiger partial charge in [0.2, 0.25) is 0 Å². The van der Waals surface area contributed by atoms with Crippen LogP contribution in [0.1, 0.15) is 44.1 Å². The van der Waals surface area contributed by atoms with E-state index < -0.39 is 0 Å². The van der Waals surface area contributed by atoms with E-state index in [1.165, 1.54) is 38.2 Å². The Morgan fingerprint density at radius 1 is 1.22 bits per heavy atom. The van der Waals surface area contributed by atoms with Crippen molar-refractivity contribution in [3.8, 4) is 0 Å². The highest BCUT2D eigenvalue weighted by Gasteiger charge is 2.30. The summed E-state index contributed by atoms with van der Waals surface area (Å²) in [6, 6.07) is 6.82. The predicted octanol–water partition coefficient (Wildman–Crippen LogP) is 3.80. The molecule has 3 nitrogen and oxygen atoms in total. The van der Waals surface area contributed by atoms with E-state index in [2.05, 4.69) is 10.3 Å². The maximum absolute atomic E-state index is 13.8. The van der Waals surface area contributed by atoms with Gasteiger partial charge in [-0.1, -0.05) is 25.3 Å². The number of hydrogen-bond acceptors (Lipinski definition) is 3. The van der Waals surface area contributed by atoms with Crippen molar-refractivity contribution >= 4 is 10.9 Å². The SMILES string of the molecule is OCCC1(CNCc2cc(F)cc3cccnc23)CCCCC1. The predicted molar refractivity (Wildman–Crippen MR) is 90.6 cm³/mol. The number of aliphatic hydroxyl groups is 1. The molecular weight excluding hydrogens is 291 g/mol. The molecule has 0 radical (unpaired) electrons. The molecule has 0 spiro atoms. The Hall–Kier alpha value is -1.52. The third kappa shape index (κ3) is 3.88. The van der Waals surface area contributed by atoms with Crippen LogP contribution in [0.3, 0.4) is 0 Å². The smallest absolute Gasteiger partial charge is 0.124 e. The lowest BCUT2D eigenvalue weighted by Gasteiger charge is -2.37. The molecule has 4 heteroatoms. The van der Waals surface area contributed by atoms with Crippen molar-refractivity contribution in [3.05, 3.63) is 41.8 Å². The van der Waals surface area contributed by atoms with Crippen LogP contribution >= 0.6 is 0 Å². The van der Waals surface area contributed by atoms with Crippen LogP contribution in [0.2, 0.25) is 0 Å². The molecule has 2 aromatic rings. The van der Waals surface area contributed by atoms with Gasteiger partial charge in [0.25, 0.3) is 0 Å². The number of fused-ring (bicyclic) bond motifs is 1. The third-order valence-electron chi connectivity index (χ3n) is 5.12.